The van der Waals surface area contributed by atoms with Crippen LogP contribution in [0.25, 0.3) is 0 Å². The molecule has 3 heterocycles. The van der Waals surface area contributed by atoms with E-state index in [-0.39, 0.29) is 24.8 Å². The van der Waals surface area contributed by atoms with Crippen LogP contribution in [0.15, 0.2) is 42.5 Å². The number of amides is 1. The first-order valence-electron chi connectivity index (χ1n) is 10.1. The van der Waals surface area contributed by atoms with E-state index in [9.17, 15) is 9.90 Å². The number of piperidine rings is 2. The summed E-state index contributed by atoms with van der Waals surface area (Å²) >= 11 is 0. The summed E-state index contributed by atoms with van der Waals surface area (Å²) in [5.41, 5.74) is 2.82. The van der Waals surface area contributed by atoms with E-state index >= 15 is 0 Å². The molecule has 2 aliphatic heterocycles. The molecule has 1 aromatic heterocycles. The van der Waals surface area contributed by atoms with E-state index in [1.807, 2.05) is 61.2 Å². The maximum absolute atomic E-state index is 12.9. The van der Waals surface area contributed by atoms with Gasteiger partial charge in [-0.25, -0.2) is 4.79 Å². The predicted molar refractivity (Wildman–Crippen MR) is 107 cm³/mol. The normalized spacial score (nSPS) is 26.8. The van der Waals surface area contributed by atoms with Crippen LogP contribution < -0.4 is 0 Å². The van der Waals surface area contributed by atoms with Crippen LogP contribution in [-0.2, 0) is 16.9 Å². The summed E-state index contributed by atoms with van der Waals surface area (Å²) in [6, 6.07) is 13.7. The van der Waals surface area contributed by atoms with Crippen LogP contribution >= 0.6 is 0 Å². The molecule has 5 nitrogen and oxygen atoms in total. The molecule has 2 aromatic rings. The highest BCUT2D eigenvalue weighted by Gasteiger charge is 2.48. The molecule has 148 valence electrons. The molecule has 2 bridgehead atoms. The van der Waals surface area contributed by atoms with Gasteiger partial charge in [0.25, 0.3) is 0 Å². The number of ether oxygens (including phenoxy) is 1. The highest BCUT2D eigenvalue weighted by atomic mass is 16.6. The number of carbonyl (C=O) groups is 1. The third-order valence-electron chi connectivity index (χ3n) is 6.04. The van der Waals surface area contributed by atoms with Gasteiger partial charge in [0.2, 0.25) is 0 Å². The van der Waals surface area contributed by atoms with Crippen LogP contribution in [-0.4, -0.2) is 33.2 Å². The van der Waals surface area contributed by atoms with Gasteiger partial charge in [-0.2, -0.15) is 0 Å². The minimum atomic E-state index is -0.912. The number of aryl methyl sites for hydroxylation is 2. The van der Waals surface area contributed by atoms with Gasteiger partial charge in [0.1, 0.15) is 6.61 Å². The van der Waals surface area contributed by atoms with E-state index in [4.69, 9.17) is 4.74 Å². The van der Waals surface area contributed by atoms with E-state index < -0.39 is 5.60 Å². The Bertz CT molecular complexity index is 818. The fourth-order valence-electron chi connectivity index (χ4n) is 4.86. The Labute approximate surface area is 166 Å². The Morgan fingerprint density at radius 2 is 1.75 bits per heavy atom. The molecule has 4 rings (SSSR count). The van der Waals surface area contributed by atoms with Crippen molar-refractivity contribution < 1.29 is 14.6 Å². The molecule has 1 N–H and O–H groups in total. The Hall–Kier alpha value is -2.40. The van der Waals surface area contributed by atoms with Crippen molar-refractivity contribution in [3.05, 3.63) is 65.0 Å². The first-order chi connectivity index (χ1) is 13.4. The smallest absolute Gasteiger partial charge is 0.410 e. The molecule has 0 saturated carbocycles. The van der Waals surface area contributed by atoms with Crippen LogP contribution in [0.2, 0.25) is 0 Å². The van der Waals surface area contributed by atoms with E-state index in [0.29, 0.717) is 12.8 Å². The Morgan fingerprint density at radius 3 is 2.36 bits per heavy atom. The first-order valence-corrected chi connectivity index (χ1v) is 10.1. The number of rotatable bonds is 3. The van der Waals surface area contributed by atoms with Crippen LogP contribution in [0.5, 0.6) is 0 Å². The lowest BCUT2D eigenvalue weighted by Gasteiger charge is -2.51. The van der Waals surface area contributed by atoms with Crippen molar-refractivity contribution in [3.63, 3.8) is 0 Å². The number of pyridine rings is 1. The molecule has 0 spiro atoms. The Kier molecular flexibility index (Phi) is 5.11. The zero-order valence-corrected chi connectivity index (χ0v) is 16.6. The number of aromatic nitrogens is 1. The van der Waals surface area contributed by atoms with Crippen molar-refractivity contribution in [2.75, 3.05) is 0 Å². The highest BCUT2D eigenvalue weighted by molar-refractivity contribution is 5.69. The van der Waals surface area contributed by atoms with Crippen LogP contribution in [0.4, 0.5) is 4.79 Å². The number of nitrogens with zero attached hydrogens (tertiary/aromatic N) is 2. The summed E-state index contributed by atoms with van der Waals surface area (Å²) in [5.74, 6) is 0. The average molecular weight is 380 g/mol. The number of hydrogen-bond acceptors (Lipinski definition) is 4. The quantitative estimate of drug-likeness (QED) is 0.865. The van der Waals surface area contributed by atoms with Crippen molar-refractivity contribution in [3.8, 4) is 0 Å². The minimum Gasteiger partial charge on any atom is -0.445 e. The fraction of sp³-hybridized carbons (Fsp3) is 0.478. The molecular formula is C23H28N2O3. The van der Waals surface area contributed by atoms with Gasteiger partial charge in [-0.1, -0.05) is 30.3 Å². The molecule has 0 aliphatic carbocycles. The Morgan fingerprint density at radius 1 is 1.14 bits per heavy atom. The van der Waals surface area contributed by atoms with Gasteiger partial charge < -0.3 is 14.7 Å². The standard InChI is InChI=1S/C23H28N2O3/c1-16-11-19(12-17(2)24-16)23(27)13-20-9-6-10-21(14-23)25(20)22(26)28-15-18-7-4-3-5-8-18/h3-5,7-8,11-12,20-21,27H,6,9-10,13-15H2,1-2H3. The maximum atomic E-state index is 12.9. The lowest BCUT2D eigenvalue weighted by atomic mass is 9.72. The lowest BCUT2D eigenvalue weighted by Crippen LogP contribution is -2.58. The van der Waals surface area contributed by atoms with E-state index in [1.165, 1.54) is 0 Å². The largest absolute Gasteiger partial charge is 0.445 e. The zero-order valence-electron chi connectivity index (χ0n) is 16.6. The molecule has 5 heteroatoms. The second kappa shape index (κ2) is 7.55. The summed E-state index contributed by atoms with van der Waals surface area (Å²) in [7, 11) is 0. The number of fused-ring (bicyclic) bond motifs is 2. The number of aliphatic hydroxyl groups is 1. The lowest BCUT2D eigenvalue weighted by molar-refractivity contribution is -0.0897. The minimum absolute atomic E-state index is 0.00884. The SMILES string of the molecule is Cc1cc(C2(O)CC3CCCC(C2)N3C(=O)OCc2ccccc2)cc(C)n1. The van der Waals surface area contributed by atoms with Gasteiger partial charge >= 0.3 is 6.09 Å². The molecule has 2 saturated heterocycles. The predicted octanol–water partition coefficient (Wildman–Crippen LogP) is 4.24. The number of hydrogen-bond donors (Lipinski definition) is 1. The van der Waals surface area contributed by atoms with Gasteiger partial charge in [0.05, 0.1) is 5.60 Å². The van der Waals surface area contributed by atoms with Gasteiger partial charge in [-0.05, 0) is 56.4 Å². The van der Waals surface area contributed by atoms with Gasteiger partial charge in [-0.3, -0.25) is 4.98 Å². The Balaban J connectivity index is 1.51. The zero-order chi connectivity index (χ0) is 19.7. The molecular weight excluding hydrogens is 352 g/mol. The summed E-state index contributed by atoms with van der Waals surface area (Å²) in [6.07, 6.45) is 3.73. The van der Waals surface area contributed by atoms with Crippen molar-refractivity contribution >= 4 is 6.09 Å². The third kappa shape index (κ3) is 3.76. The average Bonchev–Trinajstić information content (AvgIpc) is 2.65. The number of carbonyl (C=O) groups excluding carboxylic acids is 1. The highest BCUT2D eigenvalue weighted by Crippen LogP contribution is 2.44. The second-order valence-corrected chi connectivity index (χ2v) is 8.26. The molecule has 2 atom stereocenters. The summed E-state index contributed by atoms with van der Waals surface area (Å²) in [4.78, 5) is 19.2. The van der Waals surface area contributed by atoms with E-state index in [0.717, 1.165) is 41.8 Å². The fourth-order valence-corrected chi connectivity index (χ4v) is 4.86. The monoisotopic (exact) mass is 380 g/mol. The van der Waals surface area contributed by atoms with Crippen molar-refractivity contribution in [1.29, 1.82) is 0 Å². The summed E-state index contributed by atoms with van der Waals surface area (Å²) < 4.78 is 5.61. The molecule has 2 fully saturated rings. The van der Waals surface area contributed by atoms with Crippen LogP contribution in [0.3, 0.4) is 0 Å². The summed E-state index contributed by atoms with van der Waals surface area (Å²) in [6.45, 7) is 4.19. The van der Waals surface area contributed by atoms with Gasteiger partial charge in [0, 0.05) is 36.3 Å². The van der Waals surface area contributed by atoms with E-state index in [1.54, 1.807) is 0 Å². The van der Waals surface area contributed by atoms with Gasteiger partial charge in [-0.15, -0.1) is 0 Å². The number of benzene rings is 1. The molecule has 2 aliphatic rings. The van der Waals surface area contributed by atoms with Gasteiger partial charge in [0.15, 0.2) is 0 Å². The molecule has 28 heavy (non-hydrogen) atoms. The second-order valence-electron chi connectivity index (χ2n) is 8.26. The van der Waals surface area contributed by atoms with Crippen molar-refractivity contribution in [2.45, 2.75) is 70.2 Å². The van der Waals surface area contributed by atoms with Crippen molar-refractivity contribution in [2.24, 2.45) is 0 Å². The van der Waals surface area contributed by atoms with Crippen LogP contribution in [0.1, 0.15) is 54.6 Å². The maximum Gasteiger partial charge on any atom is 0.410 e. The molecule has 2 unspecified atom stereocenters. The van der Waals surface area contributed by atoms with Crippen molar-refractivity contribution in [1.82, 2.24) is 9.88 Å². The van der Waals surface area contributed by atoms with Crippen LogP contribution in [0, 0.1) is 13.8 Å². The van der Waals surface area contributed by atoms with E-state index in [2.05, 4.69) is 4.98 Å². The molecule has 0 radical (unpaired) electrons. The first kappa shape index (κ1) is 18.9. The molecule has 1 amide bonds. The summed E-state index contributed by atoms with van der Waals surface area (Å²) in [5, 5.41) is 11.5. The topological polar surface area (TPSA) is 62.7 Å². The third-order valence-corrected chi connectivity index (χ3v) is 6.04. The molecule has 1 aromatic carbocycles.